The summed E-state index contributed by atoms with van der Waals surface area (Å²) in [6, 6.07) is 12.7. The molecule has 1 heterocycles. The summed E-state index contributed by atoms with van der Waals surface area (Å²) in [7, 11) is 0. The molecule has 0 spiro atoms. The average Bonchev–Trinajstić information content (AvgIpc) is 3.06. The Morgan fingerprint density at radius 1 is 0.969 bits per heavy atom. The topological polar surface area (TPSA) is 113 Å². The van der Waals surface area contributed by atoms with Gasteiger partial charge in [0.1, 0.15) is 17.8 Å². The van der Waals surface area contributed by atoms with E-state index in [2.05, 4.69) is 29.0 Å². The van der Waals surface area contributed by atoms with Crippen molar-refractivity contribution >= 4 is 28.9 Å². The van der Waals surface area contributed by atoms with Gasteiger partial charge in [-0.2, -0.15) is 15.6 Å². The number of azo groups is 1. The number of benzene rings is 2. The van der Waals surface area contributed by atoms with Crippen LogP contribution in [-0.2, 0) is 0 Å². The monoisotopic (exact) mass is 428 g/mol. The lowest BCUT2D eigenvalue weighted by Crippen LogP contribution is -2.30. The lowest BCUT2D eigenvalue weighted by Gasteiger charge is -2.20. The number of rotatable bonds is 8. The van der Waals surface area contributed by atoms with E-state index >= 15 is 0 Å². The highest BCUT2D eigenvalue weighted by atomic mass is 16.2. The second-order valence-electron chi connectivity index (χ2n) is 7.30. The first-order valence-corrected chi connectivity index (χ1v) is 10.6. The molecular formula is C24H24N6O2. The molecule has 0 unspecified atom stereocenters. The summed E-state index contributed by atoms with van der Waals surface area (Å²) in [6.07, 6.45) is 1.48. The summed E-state index contributed by atoms with van der Waals surface area (Å²) in [4.78, 5) is 28.9. The fraction of sp³-hybridized carbons (Fsp3) is 0.333. The molecule has 8 heteroatoms. The summed E-state index contributed by atoms with van der Waals surface area (Å²) in [5, 5.41) is 27.7. The fourth-order valence-corrected chi connectivity index (χ4v) is 3.68. The Bertz CT molecular complexity index is 1150. The molecule has 0 saturated heterocycles. The van der Waals surface area contributed by atoms with E-state index in [-0.39, 0.29) is 34.5 Å². The zero-order valence-electron chi connectivity index (χ0n) is 18.4. The molecule has 8 nitrogen and oxygen atoms in total. The fourth-order valence-electron chi connectivity index (χ4n) is 3.68. The Labute approximate surface area is 187 Å². The van der Waals surface area contributed by atoms with Crippen molar-refractivity contribution in [2.24, 2.45) is 10.2 Å². The number of hydrogen-bond donors (Lipinski definition) is 0. The van der Waals surface area contributed by atoms with Crippen LogP contribution >= 0.6 is 0 Å². The SMILES string of the molecule is CCCCN1C(=O)c2cc(C#N)c(N=Nc3ccc(N(CC)CC)cc3)c(C#N)c2C1=O. The highest BCUT2D eigenvalue weighted by Crippen LogP contribution is 2.36. The minimum Gasteiger partial charge on any atom is -0.372 e. The van der Waals surface area contributed by atoms with E-state index in [0.29, 0.717) is 12.1 Å². The van der Waals surface area contributed by atoms with Crippen LogP contribution in [0.25, 0.3) is 0 Å². The minimum absolute atomic E-state index is 0.0000565. The second-order valence-corrected chi connectivity index (χ2v) is 7.30. The first-order chi connectivity index (χ1) is 15.5. The van der Waals surface area contributed by atoms with E-state index in [1.54, 1.807) is 12.1 Å². The van der Waals surface area contributed by atoms with Crippen molar-refractivity contribution in [2.75, 3.05) is 24.5 Å². The number of carbonyl (C=O) groups excluding carboxylic acids is 2. The Kier molecular flexibility index (Phi) is 6.97. The second kappa shape index (κ2) is 9.84. The maximum absolute atomic E-state index is 12.9. The number of imide groups is 1. The van der Waals surface area contributed by atoms with Crippen LogP contribution in [-0.4, -0.2) is 36.3 Å². The zero-order valence-corrected chi connectivity index (χ0v) is 18.4. The Morgan fingerprint density at radius 3 is 2.22 bits per heavy atom. The normalized spacial score (nSPS) is 12.7. The van der Waals surface area contributed by atoms with Crippen LogP contribution in [0, 0.1) is 22.7 Å². The molecule has 0 aliphatic carbocycles. The van der Waals surface area contributed by atoms with Crippen molar-refractivity contribution in [3.05, 3.63) is 52.6 Å². The summed E-state index contributed by atoms with van der Waals surface area (Å²) >= 11 is 0. The van der Waals surface area contributed by atoms with Gasteiger partial charge in [0.05, 0.1) is 27.9 Å². The van der Waals surface area contributed by atoms with Crippen molar-refractivity contribution in [3.8, 4) is 12.1 Å². The highest BCUT2D eigenvalue weighted by molar-refractivity contribution is 6.23. The number of unbranched alkanes of at least 4 members (excludes halogenated alkanes) is 1. The van der Waals surface area contributed by atoms with Gasteiger partial charge in [0.2, 0.25) is 0 Å². The molecule has 32 heavy (non-hydrogen) atoms. The van der Waals surface area contributed by atoms with Crippen LogP contribution in [0.4, 0.5) is 17.1 Å². The molecule has 3 rings (SSSR count). The van der Waals surface area contributed by atoms with E-state index in [4.69, 9.17) is 0 Å². The molecule has 0 fully saturated rings. The maximum atomic E-state index is 12.9. The molecular weight excluding hydrogens is 404 g/mol. The Morgan fingerprint density at radius 2 is 1.66 bits per heavy atom. The molecule has 0 aromatic heterocycles. The van der Waals surface area contributed by atoms with E-state index in [9.17, 15) is 20.1 Å². The number of anilines is 1. The molecule has 1 aliphatic heterocycles. The largest absolute Gasteiger partial charge is 0.372 e. The van der Waals surface area contributed by atoms with Crippen LogP contribution in [0.3, 0.4) is 0 Å². The average molecular weight is 428 g/mol. The van der Waals surface area contributed by atoms with Gasteiger partial charge >= 0.3 is 0 Å². The van der Waals surface area contributed by atoms with Crippen molar-refractivity contribution in [3.63, 3.8) is 0 Å². The lowest BCUT2D eigenvalue weighted by atomic mass is 9.97. The standard InChI is InChI=1S/C24H24N6O2/c1-4-7-12-30-23(31)19-13-16(14-25)22(20(15-26)21(19)24(30)32)28-27-17-8-10-18(11-9-17)29(5-2)6-3/h8-11,13H,4-7,12H2,1-3H3. The predicted octanol–water partition coefficient (Wildman–Crippen LogP) is 5.09. The van der Waals surface area contributed by atoms with Crippen LogP contribution in [0.15, 0.2) is 40.6 Å². The first kappa shape index (κ1) is 22.6. The van der Waals surface area contributed by atoms with Crippen LogP contribution < -0.4 is 4.90 Å². The summed E-state index contributed by atoms with van der Waals surface area (Å²) < 4.78 is 0. The van der Waals surface area contributed by atoms with Gasteiger partial charge in [-0.05, 0) is 50.6 Å². The van der Waals surface area contributed by atoms with Crippen molar-refractivity contribution < 1.29 is 9.59 Å². The Balaban J connectivity index is 2.01. The predicted molar refractivity (Wildman–Crippen MR) is 120 cm³/mol. The highest BCUT2D eigenvalue weighted by Gasteiger charge is 2.39. The van der Waals surface area contributed by atoms with E-state index < -0.39 is 11.8 Å². The third-order valence-corrected chi connectivity index (χ3v) is 5.45. The molecule has 2 aromatic rings. The molecule has 2 aromatic carbocycles. The molecule has 0 bridgehead atoms. The molecule has 0 N–H and O–H groups in total. The number of carbonyl (C=O) groups is 2. The van der Waals surface area contributed by atoms with Gasteiger partial charge in [-0.25, -0.2) is 0 Å². The molecule has 0 atom stereocenters. The van der Waals surface area contributed by atoms with E-state index in [1.807, 2.05) is 31.2 Å². The van der Waals surface area contributed by atoms with Crippen LogP contribution in [0.2, 0.25) is 0 Å². The van der Waals surface area contributed by atoms with Gasteiger partial charge in [-0.1, -0.05) is 13.3 Å². The molecule has 0 saturated carbocycles. The van der Waals surface area contributed by atoms with Gasteiger partial charge < -0.3 is 4.90 Å². The minimum atomic E-state index is -0.528. The van der Waals surface area contributed by atoms with Gasteiger partial charge in [0.25, 0.3) is 11.8 Å². The number of hydrogen-bond acceptors (Lipinski definition) is 7. The third-order valence-electron chi connectivity index (χ3n) is 5.45. The number of nitrogens with zero attached hydrogens (tertiary/aromatic N) is 6. The lowest BCUT2D eigenvalue weighted by molar-refractivity contribution is 0.0652. The van der Waals surface area contributed by atoms with Gasteiger partial charge in [-0.3, -0.25) is 14.5 Å². The van der Waals surface area contributed by atoms with Crippen molar-refractivity contribution in [1.82, 2.24) is 4.90 Å². The van der Waals surface area contributed by atoms with Gasteiger partial charge in [-0.15, -0.1) is 5.11 Å². The smallest absolute Gasteiger partial charge is 0.262 e. The van der Waals surface area contributed by atoms with Gasteiger partial charge in [0.15, 0.2) is 0 Å². The molecule has 1 aliphatic rings. The number of fused-ring (bicyclic) bond motifs is 1. The van der Waals surface area contributed by atoms with Crippen LogP contribution in [0.5, 0.6) is 0 Å². The van der Waals surface area contributed by atoms with E-state index in [1.165, 1.54) is 6.07 Å². The molecule has 2 amide bonds. The quantitative estimate of drug-likeness (QED) is 0.429. The summed E-state index contributed by atoms with van der Waals surface area (Å²) in [6.45, 7) is 8.14. The molecule has 162 valence electrons. The summed E-state index contributed by atoms with van der Waals surface area (Å²) in [5.41, 5.74) is 1.60. The summed E-state index contributed by atoms with van der Waals surface area (Å²) in [5.74, 6) is -1.01. The molecule has 0 radical (unpaired) electrons. The first-order valence-electron chi connectivity index (χ1n) is 10.6. The third kappa shape index (κ3) is 4.08. The number of nitriles is 2. The van der Waals surface area contributed by atoms with Crippen molar-refractivity contribution in [1.29, 1.82) is 10.5 Å². The van der Waals surface area contributed by atoms with Crippen molar-refractivity contribution in [2.45, 2.75) is 33.6 Å². The van der Waals surface area contributed by atoms with E-state index in [0.717, 1.165) is 30.1 Å². The number of amides is 2. The van der Waals surface area contributed by atoms with Gasteiger partial charge in [0, 0.05) is 25.3 Å². The maximum Gasteiger partial charge on any atom is 0.262 e. The Hall–Kier alpha value is -4.04. The van der Waals surface area contributed by atoms with Crippen LogP contribution in [0.1, 0.15) is 65.5 Å². The zero-order chi connectivity index (χ0) is 23.3.